The van der Waals surface area contributed by atoms with Gasteiger partial charge in [-0.05, 0) is 37.5 Å². The van der Waals surface area contributed by atoms with Crippen molar-refractivity contribution in [1.82, 2.24) is 0 Å². The molecule has 38 heavy (non-hydrogen) atoms. The number of ether oxygens (including phenoxy) is 2. The summed E-state index contributed by atoms with van der Waals surface area (Å²) in [6, 6.07) is -2.43. The zero-order valence-corrected chi connectivity index (χ0v) is 21.0. The number of esters is 2. The lowest BCUT2D eigenvalue weighted by Gasteiger charge is -2.18. The van der Waals surface area contributed by atoms with E-state index in [9.17, 15) is 36.7 Å². The lowest BCUT2D eigenvalue weighted by molar-refractivity contribution is -0.165. The summed E-state index contributed by atoms with van der Waals surface area (Å²) in [7, 11) is 2.28. The maximum atomic E-state index is 13.2. The van der Waals surface area contributed by atoms with Crippen LogP contribution in [-0.2, 0) is 28.7 Å². The number of aliphatic hydroxyl groups excluding tert-OH is 2. The van der Waals surface area contributed by atoms with Crippen molar-refractivity contribution in [1.29, 1.82) is 0 Å². The molecule has 0 aromatic heterocycles. The van der Waals surface area contributed by atoms with E-state index in [2.05, 4.69) is 9.47 Å². The Bertz CT molecular complexity index is 730. The Morgan fingerprint density at radius 1 is 0.737 bits per heavy atom. The van der Waals surface area contributed by atoms with Gasteiger partial charge in [-0.2, -0.15) is 0 Å². The van der Waals surface area contributed by atoms with Crippen molar-refractivity contribution in [2.45, 2.75) is 87.5 Å². The number of nitrogens with two attached hydrogens (primary N) is 2. The Labute approximate surface area is 216 Å². The van der Waals surface area contributed by atoms with E-state index in [-0.39, 0.29) is 24.7 Å². The van der Waals surface area contributed by atoms with Gasteiger partial charge in [0.05, 0.1) is 14.2 Å². The van der Waals surface area contributed by atoms with Crippen LogP contribution in [0.5, 0.6) is 0 Å². The van der Waals surface area contributed by atoms with Crippen LogP contribution in [0, 0.1) is 11.8 Å². The molecule has 222 valence electrons. The highest BCUT2D eigenvalue weighted by atomic mass is 19.3. The smallest absolute Gasteiger partial charge is 0.335 e. The van der Waals surface area contributed by atoms with Gasteiger partial charge in [-0.15, -0.1) is 0 Å². The van der Waals surface area contributed by atoms with E-state index in [1.165, 1.54) is 0 Å². The van der Waals surface area contributed by atoms with Gasteiger partial charge in [0, 0.05) is 25.7 Å². The van der Waals surface area contributed by atoms with E-state index >= 15 is 0 Å². The lowest BCUT2D eigenvalue weighted by Crippen LogP contribution is -2.39. The minimum absolute atomic E-state index is 0.120. The molecule has 0 bridgehead atoms. The Morgan fingerprint density at radius 3 is 1.18 bits per heavy atom. The molecular formula is C22H36F4N2O10. The van der Waals surface area contributed by atoms with Crippen molar-refractivity contribution in [3.05, 3.63) is 0 Å². The molecule has 0 amide bonds. The van der Waals surface area contributed by atoms with E-state index in [0.29, 0.717) is 0 Å². The van der Waals surface area contributed by atoms with Gasteiger partial charge < -0.3 is 41.4 Å². The van der Waals surface area contributed by atoms with Crippen molar-refractivity contribution in [3.8, 4) is 0 Å². The Kier molecular flexibility index (Phi) is 14.7. The zero-order valence-electron chi connectivity index (χ0n) is 21.0. The molecule has 8 N–H and O–H groups in total. The number of aliphatic hydroxyl groups is 2. The number of carboxylic acid groups (broad SMARTS) is 2. The van der Waals surface area contributed by atoms with Gasteiger partial charge in [-0.25, -0.2) is 27.2 Å². The molecule has 2 fully saturated rings. The van der Waals surface area contributed by atoms with Gasteiger partial charge >= 0.3 is 23.9 Å². The Balaban J connectivity index is 0.000000551. The third kappa shape index (κ3) is 15.6. The van der Waals surface area contributed by atoms with E-state index in [0.717, 1.165) is 39.9 Å². The fourth-order valence-electron chi connectivity index (χ4n) is 3.04. The average molecular weight is 565 g/mol. The number of hydrogen-bond donors (Lipinski definition) is 6. The SMILES string of the molecule is COC(=O)[C@@H](N)CC(F)(F)CC1CC1.COC(=O)[C@@H](N)CC(F)(F)CC1CC1.O=C(O)[C@H](O)[C@@H](O)C(=O)O. The summed E-state index contributed by atoms with van der Waals surface area (Å²) in [6.07, 6.45) is -2.62. The molecule has 0 heterocycles. The summed E-state index contributed by atoms with van der Waals surface area (Å²) in [5.41, 5.74) is 10.5. The number of aliphatic carboxylic acids is 2. The summed E-state index contributed by atoms with van der Waals surface area (Å²) < 4.78 is 61.3. The number of carbonyl (C=O) groups is 4. The molecule has 0 aromatic rings. The second-order valence-corrected chi connectivity index (χ2v) is 9.24. The first-order valence-corrected chi connectivity index (χ1v) is 11.6. The largest absolute Gasteiger partial charge is 0.479 e. The first-order chi connectivity index (χ1) is 17.4. The van der Waals surface area contributed by atoms with Gasteiger partial charge in [0.15, 0.2) is 12.2 Å². The van der Waals surface area contributed by atoms with Crippen molar-refractivity contribution >= 4 is 23.9 Å². The molecule has 0 unspecified atom stereocenters. The summed E-state index contributed by atoms with van der Waals surface area (Å²) in [5, 5.41) is 32.5. The van der Waals surface area contributed by atoms with Crippen LogP contribution in [0.15, 0.2) is 0 Å². The van der Waals surface area contributed by atoms with Gasteiger partial charge in [-0.1, -0.05) is 0 Å². The lowest BCUT2D eigenvalue weighted by atomic mass is 10.0. The summed E-state index contributed by atoms with van der Waals surface area (Å²) >= 11 is 0. The molecule has 4 atom stereocenters. The molecule has 2 aliphatic rings. The number of hydrogen-bond acceptors (Lipinski definition) is 10. The van der Waals surface area contributed by atoms with Crippen LogP contribution in [0.2, 0.25) is 0 Å². The number of methoxy groups -OCH3 is 2. The zero-order chi connectivity index (χ0) is 29.8. The molecule has 2 rings (SSSR count). The third-order valence-electron chi connectivity index (χ3n) is 5.42. The van der Waals surface area contributed by atoms with E-state index in [1.807, 2.05) is 0 Å². The first kappa shape index (κ1) is 35.4. The molecule has 2 saturated carbocycles. The molecule has 12 nitrogen and oxygen atoms in total. The number of halogens is 4. The maximum absolute atomic E-state index is 13.2. The topological polar surface area (TPSA) is 220 Å². The molecule has 16 heteroatoms. The van der Waals surface area contributed by atoms with Crippen LogP contribution < -0.4 is 11.5 Å². The van der Waals surface area contributed by atoms with Gasteiger partial charge in [0.2, 0.25) is 0 Å². The van der Waals surface area contributed by atoms with Gasteiger partial charge in [0.1, 0.15) is 12.1 Å². The molecule has 2 aliphatic carbocycles. The fraction of sp³-hybridized carbons (Fsp3) is 0.818. The van der Waals surface area contributed by atoms with Gasteiger partial charge in [-0.3, -0.25) is 9.59 Å². The van der Waals surface area contributed by atoms with Crippen LogP contribution >= 0.6 is 0 Å². The Morgan fingerprint density at radius 2 is 1.00 bits per heavy atom. The fourth-order valence-corrected chi connectivity index (χ4v) is 3.04. The Hall–Kier alpha value is -2.56. The van der Waals surface area contributed by atoms with Crippen molar-refractivity contribution < 1.29 is 66.6 Å². The minimum Gasteiger partial charge on any atom is -0.479 e. The summed E-state index contributed by atoms with van der Waals surface area (Å²) in [6.45, 7) is 0. The third-order valence-corrected chi connectivity index (χ3v) is 5.42. The average Bonchev–Trinajstić information content (AvgIpc) is 3.74. The molecular weight excluding hydrogens is 528 g/mol. The number of carbonyl (C=O) groups excluding carboxylic acids is 2. The number of alkyl halides is 4. The second-order valence-electron chi connectivity index (χ2n) is 9.24. The van der Waals surface area contributed by atoms with E-state index in [1.54, 1.807) is 0 Å². The molecule has 0 aromatic carbocycles. The van der Waals surface area contributed by atoms with Crippen molar-refractivity contribution in [3.63, 3.8) is 0 Å². The van der Waals surface area contributed by atoms with Crippen molar-refractivity contribution in [2.24, 2.45) is 23.3 Å². The van der Waals surface area contributed by atoms with E-state index < -0.39 is 72.9 Å². The first-order valence-electron chi connectivity index (χ1n) is 11.6. The van der Waals surface area contributed by atoms with Crippen molar-refractivity contribution in [2.75, 3.05) is 14.2 Å². The van der Waals surface area contributed by atoms with Crippen LogP contribution in [0.3, 0.4) is 0 Å². The molecule has 0 radical (unpaired) electrons. The number of rotatable bonds is 13. The van der Waals surface area contributed by atoms with Crippen LogP contribution in [0.4, 0.5) is 17.6 Å². The maximum Gasteiger partial charge on any atom is 0.335 e. The van der Waals surface area contributed by atoms with Gasteiger partial charge in [0.25, 0.3) is 11.8 Å². The minimum atomic E-state index is -2.84. The highest BCUT2D eigenvalue weighted by Crippen LogP contribution is 2.41. The second kappa shape index (κ2) is 15.8. The monoisotopic (exact) mass is 564 g/mol. The van der Waals surface area contributed by atoms with Crippen LogP contribution in [0.1, 0.15) is 51.4 Å². The van der Waals surface area contributed by atoms with Crippen LogP contribution in [0.25, 0.3) is 0 Å². The van der Waals surface area contributed by atoms with E-state index in [4.69, 9.17) is 31.9 Å². The molecule has 0 spiro atoms. The number of carboxylic acids is 2. The quantitative estimate of drug-likeness (QED) is 0.133. The highest BCUT2D eigenvalue weighted by Gasteiger charge is 2.41. The summed E-state index contributed by atoms with van der Waals surface area (Å²) in [4.78, 5) is 41.2. The standard InChI is InChI=1S/2C9H15F2NO2.C4H6O6/c2*1-14-8(13)7(12)5-9(10,11)4-6-2-3-6;5-1(3(7)8)2(6)4(9)10/h2*6-7H,2-5,12H2,1H3;1-2,5-6H,(H,7,8)(H,9,10)/t2*7-;1-,2-/m001/s1. The molecule has 0 saturated heterocycles. The summed E-state index contributed by atoms with van der Waals surface area (Å²) in [5.74, 6) is -10.5. The predicted molar refractivity (Wildman–Crippen MR) is 121 cm³/mol. The van der Waals surface area contributed by atoms with Crippen LogP contribution in [-0.4, -0.2) is 94.7 Å². The predicted octanol–water partition coefficient (Wildman–Crippen LogP) is 0.502. The normalized spacial score (nSPS) is 18.3. The molecule has 0 aliphatic heterocycles. The highest BCUT2D eigenvalue weighted by molar-refractivity contribution is 5.83.